The van der Waals surface area contributed by atoms with Crippen LogP contribution in [0.2, 0.25) is 5.02 Å². The second kappa shape index (κ2) is 7.67. The largest absolute Gasteiger partial charge is 0.433 e. The van der Waals surface area contributed by atoms with Crippen LogP contribution in [-0.2, 0) is 19.1 Å². The van der Waals surface area contributed by atoms with Crippen LogP contribution in [0.5, 0.6) is 0 Å². The summed E-state index contributed by atoms with van der Waals surface area (Å²) in [6.45, 7) is 0.261. The van der Waals surface area contributed by atoms with Crippen molar-refractivity contribution in [1.29, 1.82) is 0 Å². The maximum atomic E-state index is 12.5. The molecule has 0 aliphatic rings. The van der Waals surface area contributed by atoms with E-state index in [9.17, 15) is 13.2 Å². The smallest absolute Gasteiger partial charge is 0.350 e. The first-order chi connectivity index (χ1) is 13.9. The summed E-state index contributed by atoms with van der Waals surface area (Å²) in [4.78, 5) is 19.3. The average molecular weight is 419 g/mol. The van der Waals surface area contributed by atoms with Crippen LogP contribution >= 0.6 is 11.6 Å². The van der Waals surface area contributed by atoms with Crippen LogP contribution in [0.25, 0.3) is 11.0 Å². The first kappa shape index (κ1) is 19.1. The Balaban J connectivity index is 1.39. The average Bonchev–Trinajstić information content (AvgIpc) is 3.09. The maximum absolute atomic E-state index is 12.5. The minimum absolute atomic E-state index is 0.261. The number of alkyl halides is 3. The molecule has 0 radical (unpaired) electrons. The summed E-state index contributed by atoms with van der Waals surface area (Å²) in [5.41, 5.74) is 2.35. The molecular weight excluding hydrogens is 405 g/mol. The van der Waals surface area contributed by atoms with Gasteiger partial charge in [-0.2, -0.15) is 13.2 Å². The van der Waals surface area contributed by atoms with Crippen molar-refractivity contribution in [3.05, 3.63) is 76.6 Å². The van der Waals surface area contributed by atoms with E-state index in [1.165, 1.54) is 12.3 Å². The van der Waals surface area contributed by atoms with E-state index in [-0.39, 0.29) is 6.54 Å². The number of hydrogen-bond acceptors (Lipinski definition) is 5. The number of fused-ring (bicyclic) bond motifs is 1. The van der Waals surface area contributed by atoms with Crippen LogP contribution in [0.3, 0.4) is 0 Å². The Kier molecular flexibility index (Phi) is 5.06. The molecule has 6 nitrogen and oxygen atoms in total. The van der Waals surface area contributed by atoms with Gasteiger partial charge < -0.3 is 10.3 Å². The second-order valence-electron chi connectivity index (χ2n) is 6.36. The number of anilines is 1. The van der Waals surface area contributed by atoms with Crippen LogP contribution < -0.4 is 5.32 Å². The number of nitrogens with zero attached hydrogens (tertiary/aromatic N) is 4. The Hall–Kier alpha value is -3.20. The van der Waals surface area contributed by atoms with E-state index >= 15 is 0 Å². The lowest BCUT2D eigenvalue weighted by Gasteiger charge is -2.08. The molecule has 0 fully saturated rings. The van der Waals surface area contributed by atoms with Gasteiger partial charge in [0.05, 0.1) is 5.02 Å². The number of H-pyrrole nitrogens is 1. The molecule has 0 saturated carbocycles. The molecule has 0 bridgehead atoms. The van der Waals surface area contributed by atoms with Crippen molar-refractivity contribution in [1.82, 2.24) is 24.9 Å². The SMILES string of the molecule is FC(F)(F)c1ccc(CNc2ncc(Cc3c[nH]c4ncc(Cl)cc34)cn2)cn1. The third-order valence-corrected chi connectivity index (χ3v) is 4.46. The van der Waals surface area contributed by atoms with Crippen molar-refractivity contribution in [2.45, 2.75) is 19.1 Å². The fourth-order valence-corrected chi connectivity index (χ4v) is 2.97. The number of hydrogen-bond donors (Lipinski definition) is 2. The molecule has 0 amide bonds. The van der Waals surface area contributed by atoms with Crippen LogP contribution in [0.1, 0.15) is 22.4 Å². The minimum Gasteiger partial charge on any atom is -0.350 e. The first-order valence-electron chi connectivity index (χ1n) is 8.57. The van der Waals surface area contributed by atoms with Crippen LogP contribution in [0.15, 0.2) is 49.2 Å². The van der Waals surface area contributed by atoms with Crippen molar-refractivity contribution >= 4 is 28.6 Å². The van der Waals surface area contributed by atoms with Crippen molar-refractivity contribution in [2.24, 2.45) is 0 Å². The Morgan fingerprint density at radius 2 is 1.72 bits per heavy atom. The van der Waals surface area contributed by atoms with Gasteiger partial charge in [0.25, 0.3) is 0 Å². The Labute approximate surface area is 168 Å². The minimum atomic E-state index is -4.45. The fraction of sp³-hybridized carbons (Fsp3) is 0.158. The number of nitrogens with one attached hydrogen (secondary N) is 2. The molecule has 2 N–H and O–H groups in total. The molecule has 0 saturated heterocycles. The summed E-state index contributed by atoms with van der Waals surface area (Å²) < 4.78 is 37.6. The zero-order chi connectivity index (χ0) is 20.4. The summed E-state index contributed by atoms with van der Waals surface area (Å²) in [7, 11) is 0. The van der Waals surface area contributed by atoms with Gasteiger partial charge in [-0.1, -0.05) is 17.7 Å². The molecule has 4 aromatic heterocycles. The molecule has 0 aliphatic carbocycles. The number of pyridine rings is 2. The van der Waals surface area contributed by atoms with Crippen molar-refractivity contribution in [3.8, 4) is 0 Å². The lowest BCUT2D eigenvalue weighted by Crippen LogP contribution is -2.09. The number of rotatable bonds is 5. The van der Waals surface area contributed by atoms with E-state index in [0.717, 1.165) is 28.2 Å². The van der Waals surface area contributed by atoms with Gasteiger partial charge in [0.1, 0.15) is 11.3 Å². The van der Waals surface area contributed by atoms with Gasteiger partial charge in [0.2, 0.25) is 5.95 Å². The van der Waals surface area contributed by atoms with Gasteiger partial charge >= 0.3 is 6.18 Å². The first-order valence-corrected chi connectivity index (χ1v) is 8.95. The van der Waals surface area contributed by atoms with E-state index in [1.807, 2.05) is 12.3 Å². The third-order valence-electron chi connectivity index (χ3n) is 4.25. The Bertz CT molecular complexity index is 1120. The van der Waals surface area contributed by atoms with Crippen molar-refractivity contribution < 1.29 is 13.2 Å². The topological polar surface area (TPSA) is 79.4 Å². The quantitative estimate of drug-likeness (QED) is 0.494. The number of halogens is 4. The highest BCUT2D eigenvalue weighted by Gasteiger charge is 2.31. The van der Waals surface area contributed by atoms with Crippen molar-refractivity contribution in [3.63, 3.8) is 0 Å². The molecule has 0 atom stereocenters. The van der Waals surface area contributed by atoms with E-state index in [4.69, 9.17) is 11.6 Å². The fourth-order valence-electron chi connectivity index (χ4n) is 2.81. The van der Waals surface area contributed by atoms with E-state index in [2.05, 4.69) is 30.2 Å². The summed E-state index contributed by atoms with van der Waals surface area (Å²) in [6.07, 6.45) is 4.18. The van der Waals surface area contributed by atoms with Gasteiger partial charge in [0, 0.05) is 49.3 Å². The Morgan fingerprint density at radius 3 is 2.41 bits per heavy atom. The van der Waals surface area contributed by atoms with Crippen LogP contribution in [0.4, 0.5) is 19.1 Å². The van der Waals surface area contributed by atoms with Gasteiger partial charge in [-0.3, -0.25) is 4.98 Å². The van der Waals surface area contributed by atoms with Gasteiger partial charge in [-0.15, -0.1) is 0 Å². The second-order valence-corrected chi connectivity index (χ2v) is 6.79. The summed E-state index contributed by atoms with van der Waals surface area (Å²) in [5, 5.41) is 4.47. The lowest BCUT2D eigenvalue weighted by molar-refractivity contribution is -0.141. The summed E-state index contributed by atoms with van der Waals surface area (Å²) >= 11 is 6.02. The molecule has 4 aromatic rings. The molecule has 10 heteroatoms. The van der Waals surface area contributed by atoms with Crippen LogP contribution in [-0.4, -0.2) is 24.9 Å². The summed E-state index contributed by atoms with van der Waals surface area (Å²) in [6, 6.07) is 4.17. The van der Waals surface area contributed by atoms with Crippen molar-refractivity contribution in [2.75, 3.05) is 5.32 Å². The van der Waals surface area contributed by atoms with E-state index in [0.29, 0.717) is 23.0 Å². The Morgan fingerprint density at radius 1 is 0.966 bits per heavy atom. The molecule has 4 heterocycles. The highest BCUT2D eigenvalue weighted by Crippen LogP contribution is 2.27. The monoisotopic (exact) mass is 418 g/mol. The van der Waals surface area contributed by atoms with E-state index < -0.39 is 11.9 Å². The molecule has 148 valence electrons. The molecule has 0 spiro atoms. The predicted molar refractivity (Wildman–Crippen MR) is 103 cm³/mol. The van der Waals surface area contributed by atoms with Gasteiger partial charge in [-0.05, 0) is 28.8 Å². The number of aromatic nitrogens is 5. The predicted octanol–water partition coefficient (Wildman–Crippen LogP) is 4.62. The highest BCUT2D eigenvalue weighted by atomic mass is 35.5. The molecule has 29 heavy (non-hydrogen) atoms. The van der Waals surface area contributed by atoms with E-state index in [1.54, 1.807) is 18.6 Å². The molecular formula is C19H14ClF3N6. The third kappa shape index (κ3) is 4.45. The van der Waals surface area contributed by atoms with Gasteiger partial charge in [0.15, 0.2) is 0 Å². The van der Waals surface area contributed by atoms with Crippen LogP contribution in [0, 0.1) is 0 Å². The maximum Gasteiger partial charge on any atom is 0.433 e. The molecule has 0 aliphatic heterocycles. The zero-order valence-corrected chi connectivity index (χ0v) is 15.6. The van der Waals surface area contributed by atoms with Gasteiger partial charge in [-0.25, -0.2) is 15.0 Å². The molecule has 0 unspecified atom stereocenters. The normalized spacial score (nSPS) is 11.7. The highest BCUT2D eigenvalue weighted by molar-refractivity contribution is 6.31. The lowest BCUT2D eigenvalue weighted by atomic mass is 10.1. The zero-order valence-electron chi connectivity index (χ0n) is 14.8. The number of aromatic amines is 1. The molecule has 0 aromatic carbocycles. The summed E-state index contributed by atoms with van der Waals surface area (Å²) in [5.74, 6) is 0.372. The molecule has 4 rings (SSSR count). The standard InChI is InChI=1S/C19H14ClF3N6/c20-14-4-15-13(9-25-17(15)26-10-14)3-12-7-28-18(29-8-12)27-6-11-1-2-16(24-5-11)19(21,22)23/h1-2,4-5,7-10H,3,6H2,(H,25,26)(H,27,28,29).